The van der Waals surface area contributed by atoms with Crippen LogP contribution in [0.5, 0.6) is 0 Å². The number of hydrogen-bond donors (Lipinski definition) is 1. The van der Waals surface area contributed by atoms with Crippen LogP contribution in [0.2, 0.25) is 0 Å². The third kappa shape index (κ3) is 3.89. The highest BCUT2D eigenvalue weighted by Gasteiger charge is 2.35. The molecule has 0 aromatic carbocycles. The molecule has 1 N–H and O–H groups in total. The maximum Gasteiger partial charge on any atom is 0.0933 e. The Kier molecular flexibility index (Phi) is 4.36. The first-order valence-electron chi connectivity index (χ1n) is 7.71. The lowest BCUT2D eigenvalue weighted by Gasteiger charge is -2.43. The summed E-state index contributed by atoms with van der Waals surface area (Å²) in [6.07, 6.45) is 8.50. The quantitative estimate of drug-likeness (QED) is 0.822. The molecule has 3 nitrogen and oxygen atoms in total. The molecule has 112 valence electrons. The first-order valence-corrected chi connectivity index (χ1v) is 8.59. The molecule has 0 unspecified atom stereocenters. The fraction of sp³-hybridized carbons (Fsp3) is 0.529. The lowest BCUT2D eigenvalue weighted by Crippen LogP contribution is -2.46. The number of pyridine rings is 1. The molecule has 0 saturated heterocycles. The van der Waals surface area contributed by atoms with E-state index in [1.54, 1.807) is 11.3 Å². The number of hydrogen-bond acceptors (Lipinski definition) is 4. The molecule has 0 spiro atoms. The number of rotatable bonds is 6. The van der Waals surface area contributed by atoms with Crippen LogP contribution < -0.4 is 5.32 Å². The molecule has 0 aliphatic heterocycles. The van der Waals surface area contributed by atoms with E-state index < -0.39 is 0 Å². The predicted molar refractivity (Wildman–Crippen MR) is 88.5 cm³/mol. The van der Waals surface area contributed by atoms with Crippen molar-refractivity contribution in [2.24, 2.45) is 5.41 Å². The second kappa shape index (κ2) is 6.24. The largest absolute Gasteiger partial charge is 0.314 e. The van der Waals surface area contributed by atoms with E-state index in [4.69, 9.17) is 4.98 Å². The summed E-state index contributed by atoms with van der Waals surface area (Å²) in [7, 11) is 0. The van der Waals surface area contributed by atoms with Gasteiger partial charge in [-0.05, 0) is 43.4 Å². The molecule has 1 saturated carbocycles. The van der Waals surface area contributed by atoms with Crippen LogP contribution in [0.4, 0.5) is 0 Å². The Bertz CT molecular complexity index is 569. The molecule has 0 atom stereocenters. The first kappa shape index (κ1) is 14.7. The topological polar surface area (TPSA) is 37.8 Å². The van der Waals surface area contributed by atoms with Gasteiger partial charge in [-0.2, -0.15) is 0 Å². The second-order valence-corrected chi connectivity index (χ2v) is 7.63. The van der Waals surface area contributed by atoms with Crippen LogP contribution in [-0.4, -0.2) is 22.6 Å². The number of aromatic nitrogens is 2. The van der Waals surface area contributed by atoms with Crippen molar-refractivity contribution in [1.29, 1.82) is 0 Å². The first-order chi connectivity index (χ1) is 10.1. The van der Waals surface area contributed by atoms with Crippen molar-refractivity contribution in [2.75, 3.05) is 6.54 Å². The van der Waals surface area contributed by atoms with E-state index in [9.17, 15) is 0 Å². The summed E-state index contributed by atoms with van der Waals surface area (Å²) in [4.78, 5) is 8.76. The average molecular weight is 301 g/mol. The Labute approximate surface area is 130 Å². The maximum atomic E-state index is 4.72. The van der Waals surface area contributed by atoms with Gasteiger partial charge in [-0.25, -0.2) is 4.98 Å². The van der Waals surface area contributed by atoms with Crippen molar-refractivity contribution in [2.45, 2.75) is 45.6 Å². The fourth-order valence-electron chi connectivity index (χ4n) is 3.05. The van der Waals surface area contributed by atoms with Crippen molar-refractivity contribution in [3.05, 3.63) is 34.9 Å². The Morgan fingerprint density at radius 3 is 2.76 bits per heavy atom. The van der Waals surface area contributed by atoms with Crippen LogP contribution in [0.3, 0.4) is 0 Å². The predicted octanol–water partition coefficient (Wildman–Crippen LogP) is 3.92. The minimum Gasteiger partial charge on any atom is -0.314 e. The van der Waals surface area contributed by atoms with E-state index in [2.05, 4.69) is 29.5 Å². The van der Waals surface area contributed by atoms with Gasteiger partial charge in [0.05, 0.1) is 10.7 Å². The number of aryl methyl sites for hydroxylation is 1. The highest BCUT2D eigenvalue weighted by molar-refractivity contribution is 7.09. The van der Waals surface area contributed by atoms with Gasteiger partial charge in [0.25, 0.3) is 0 Å². The number of thiazole rings is 1. The molecule has 1 aliphatic rings. The van der Waals surface area contributed by atoms with Crippen LogP contribution >= 0.6 is 11.3 Å². The molecule has 2 aromatic heterocycles. The Balaban J connectivity index is 1.41. The van der Waals surface area contributed by atoms with Crippen LogP contribution in [-0.2, 0) is 6.42 Å². The summed E-state index contributed by atoms with van der Waals surface area (Å²) in [6, 6.07) is 4.76. The van der Waals surface area contributed by atoms with Crippen molar-refractivity contribution < 1.29 is 0 Å². The van der Waals surface area contributed by atoms with E-state index in [1.807, 2.05) is 24.5 Å². The molecular weight excluding hydrogens is 278 g/mol. The van der Waals surface area contributed by atoms with E-state index in [-0.39, 0.29) is 0 Å². The zero-order valence-electron chi connectivity index (χ0n) is 12.8. The molecule has 0 bridgehead atoms. The maximum absolute atomic E-state index is 4.72. The summed E-state index contributed by atoms with van der Waals surface area (Å²) < 4.78 is 0. The lowest BCUT2D eigenvalue weighted by molar-refractivity contribution is 0.126. The zero-order valence-corrected chi connectivity index (χ0v) is 13.6. The third-order valence-electron chi connectivity index (χ3n) is 4.13. The van der Waals surface area contributed by atoms with Crippen LogP contribution in [0.15, 0.2) is 29.9 Å². The highest BCUT2D eigenvalue weighted by atomic mass is 32.1. The lowest BCUT2D eigenvalue weighted by atomic mass is 9.68. The molecule has 0 amide bonds. The smallest absolute Gasteiger partial charge is 0.0933 e. The molecule has 1 aliphatic carbocycles. The fourth-order valence-corrected chi connectivity index (χ4v) is 3.90. The van der Waals surface area contributed by atoms with Gasteiger partial charge in [-0.15, -0.1) is 11.3 Å². The number of nitrogens with one attached hydrogen (secondary N) is 1. The van der Waals surface area contributed by atoms with E-state index in [1.165, 1.54) is 24.3 Å². The Morgan fingerprint density at radius 2 is 2.05 bits per heavy atom. The third-order valence-corrected chi connectivity index (χ3v) is 5.03. The van der Waals surface area contributed by atoms with Gasteiger partial charge < -0.3 is 5.32 Å². The van der Waals surface area contributed by atoms with Gasteiger partial charge >= 0.3 is 0 Å². The van der Waals surface area contributed by atoms with Gasteiger partial charge in [0, 0.05) is 35.8 Å². The van der Waals surface area contributed by atoms with Crippen molar-refractivity contribution in [1.82, 2.24) is 15.3 Å². The van der Waals surface area contributed by atoms with Gasteiger partial charge in [-0.3, -0.25) is 4.98 Å². The molecule has 2 heterocycles. The standard InChI is InChI=1S/C17H23N3S/c1-17(2)10-14(11-17)19-7-3-4-16-20-15(12-21-16)13-5-8-18-9-6-13/h5-6,8-9,12,14,19H,3-4,7,10-11H2,1-2H3. The molecule has 21 heavy (non-hydrogen) atoms. The number of nitrogens with zero attached hydrogens (tertiary/aromatic N) is 2. The van der Waals surface area contributed by atoms with Gasteiger partial charge in [0.2, 0.25) is 0 Å². The molecule has 3 rings (SSSR count). The summed E-state index contributed by atoms with van der Waals surface area (Å²) in [5.41, 5.74) is 2.79. The van der Waals surface area contributed by atoms with E-state index >= 15 is 0 Å². The molecule has 2 aromatic rings. The van der Waals surface area contributed by atoms with Crippen LogP contribution in [0.1, 0.15) is 38.1 Å². The van der Waals surface area contributed by atoms with Gasteiger partial charge in [0.1, 0.15) is 0 Å². The van der Waals surface area contributed by atoms with Gasteiger partial charge in [0.15, 0.2) is 0 Å². The van der Waals surface area contributed by atoms with Crippen LogP contribution in [0.25, 0.3) is 11.3 Å². The van der Waals surface area contributed by atoms with Crippen LogP contribution in [0, 0.1) is 5.41 Å². The molecule has 1 fully saturated rings. The molecule has 4 heteroatoms. The summed E-state index contributed by atoms with van der Waals surface area (Å²) in [6.45, 7) is 5.80. The van der Waals surface area contributed by atoms with Crippen molar-refractivity contribution in [3.8, 4) is 11.3 Å². The summed E-state index contributed by atoms with van der Waals surface area (Å²) in [5, 5.41) is 7.03. The highest BCUT2D eigenvalue weighted by Crippen LogP contribution is 2.39. The van der Waals surface area contributed by atoms with Gasteiger partial charge in [-0.1, -0.05) is 13.8 Å². The van der Waals surface area contributed by atoms with E-state index in [0.717, 1.165) is 30.3 Å². The minimum absolute atomic E-state index is 0.562. The minimum atomic E-state index is 0.562. The Morgan fingerprint density at radius 1 is 1.29 bits per heavy atom. The van der Waals surface area contributed by atoms with E-state index in [0.29, 0.717) is 5.41 Å². The SMILES string of the molecule is CC1(C)CC(NCCCc2nc(-c3ccncc3)cs2)C1. The molecular formula is C17H23N3S. The summed E-state index contributed by atoms with van der Waals surface area (Å²) in [5.74, 6) is 0. The van der Waals surface area contributed by atoms with Crippen molar-refractivity contribution >= 4 is 11.3 Å². The zero-order chi connectivity index (χ0) is 14.7. The Hall–Kier alpha value is -1.26. The monoisotopic (exact) mass is 301 g/mol. The average Bonchev–Trinajstić information content (AvgIpc) is 2.91. The molecule has 0 radical (unpaired) electrons. The normalized spacial score (nSPS) is 17.6. The second-order valence-electron chi connectivity index (χ2n) is 6.69. The van der Waals surface area contributed by atoms with Crippen molar-refractivity contribution in [3.63, 3.8) is 0 Å². The summed E-state index contributed by atoms with van der Waals surface area (Å²) >= 11 is 1.76.